The first-order valence-electron chi connectivity index (χ1n) is 7.85. The van der Waals surface area contributed by atoms with E-state index >= 15 is 0 Å². The minimum Gasteiger partial charge on any atom is -0.369 e. The highest BCUT2D eigenvalue weighted by Gasteiger charge is 2.50. The Morgan fingerprint density at radius 2 is 1.95 bits per heavy atom. The van der Waals surface area contributed by atoms with Crippen LogP contribution in [0, 0.1) is 5.92 Å². The number of ketones is 1. The Hall–Kier alpha value is -1.19. The molecule has 114 valence electrons. The molecule has 0 radical (unpaired) electrons. The molecule has 3 nitrogen and oxygen atoms in total. The molecule has 1 aromatic carbocycles. The third-order valence-electron chi connectivity index (χ3n) is 4.81. The summed E-state index contributed by atoms with van der Waals surface area (Å²) in [4.78, 5) is 13.1. The molecule has 3 rings (SSSR count). The lowest BCUT2D eigenvalue weighted by atomic mass is 9.78. The number of ether oxygens (including phenoxy) is 1. The van der Waals surface area contributed by atoms with Crippen LogP contribution in [0.2, 0.25) is 0 Å². The Kier molecular flexibility index (Phi) is 3.45. The number of fused-ring (bicyclic) bond motifs is 1. The van der Waals surface area contributed by atoms with E-state index in [2.05, 4.69) is 37.4 Å². The molecule has 1 aromatic rings. The van der Waals surface area contributed by atoms with Gasteiger partial charge in [-0.25, -0.2) is 0 Å². The molecule has 1 fully saturated rings. The van der Waals surface area contributed by atoms with Crippen LogP contribution < -0.4 is 5.32 Å². The SMILES string of the molecule is CC1(C)CC(C(=O)C2NCCc3ccccc32)C(C)(C)O1. The number of carbonyl (C=O) groups excluding carboxylic acids is 1. The van der Waals surface area contributed by atoms with Crippen LogP contribution in [-0.2, 0) is 16.0 Å². The lowest BCUT2D eigenvalue weighted by Crippen LogP contribution is -2.43. The molecule has 0 aliphatic carbocycles. The fraction of sp³-hybridized carbons (Fsp3) is 0.611. The van der Waals surface area contributed by atoms with E-state index in [0.717, 1.165) is 24.9 Å². The summed E-state index contributed by atoms with van der Waals surface area (Å²) in [6, 6.07) is 8.11. The third-order valence-corrected chi connectivity index (χ3v) is 4.81. The lowest BCUT2D eigenvalue weighted by Gasteiger charge is -2.32. The number of Topliss-reactive ketones (excluding diaryl/α,β-unsaturated/α-hetero) is 1. The summed E-state index contributed by atoms with van der Waals surface area (Å²) in [7, 11) is 0. The summed E-state index contributed by atoms with van der Waals surface area (Å²) in [5.74, 6) is 0.217. The van der Waals surface area contributed by atoms with E-state index in [9.17, 15) is 4.79 Å². The van der Waals surface area contributed by atoms with Gasteiger partial charge in [0.2, 0.25) is 0 Å². The van der Waals surface area contributed by atoms with Gasteiger partial charge in [0.05, 0.1) is 23.2 Å². The molecule has 2 heterocycles. The average Bonchev–Trinajstić information content (AvgIpc) is 2.65. The molecule has 3 heteroatoms. The van der Waals surface area contributed by atoms with Crippen LogP contribution in [0.4, 0.5) is 0 Å². The van der Waals surface area contributed by atoms with Gasteiger partial charge in [0, 0.05) is 6.54 Å². The summed E-state index contributed by atoms with van der Waals surface area (Å²) in [5, 5.41) is 3.41. The first-order chi connectivity index (χ1) is 9.80. The van der Waals surface area contributed by atoms with E-state index in [4.69, 9.17) is 4.74 Å². The summed E-state index contributed by atoms with van der Waals surface area (Å²) in [6.07, 6.45) is 1.79. The summed E-state index contributed by atoms with van der Waals surface area (Å²) in [6.45, 7) is 9.09. The second-order valence-corrected chi connectivity index (χ2v) is 7.46. The highest BCUT2D eigenvalue weighted by atomic mass is 16.5. The third kappa shape index (κ3) is 2.65. The molecule has 2 unspecified atom stereocenters. The molecule has 2 aliphatic rings. The first kappa shape index (κ1) is 14.7. The van der Waals surface area contributed by atoms with Gasteiger partial charge in [-0.05, 0) is 51.7 Å². The Balaban J connectivity index is 1.90. The normalized spacial score (nSPS) is 29.9. The van der Waals surface area contributed by atoms with E-state index in [1.165, 1.54) is 5.56 Å². The topological polar surface area (TPSA) is 38.3 Å². The smallest absolute Gasteiger partial charge is 0.160 e. The molecular weight excluding hydrogens is 262 g/mol. The largest absolute Gasteiger partial charge is 0.369 e. The van der Waals surface area contributed by atoms with Crippen molar-refractivity contribution in [3.05, 3.63) is 35.4 Å². The van der Waals surface area contributed by atoms with Crippen molar-refractivity contribution in [1.82, 2.24) is 5.32 Å². The van der Waals surface area contributed by atoms with E-state index in [0.29, 0.717) is 0 Å². The fourth-order valence-corrected chi connectivity index (χ4v) is 3.97. The minimum atomic E-state index is -0.394. The molecule has 0 amide bonds. The van der Waals surface area contributed by atoms with Crippen LogP contribution in [0.25, 0.3) is 0 Å². The zero-order valence-corrected chi connectivity index (χ0v) is 13.4. The Morgan fingerprint density at radius 3 is 2.62 bits per heavy atom. The molecule has 2 aliphatic heterocycles. The van der Waals surface area contributed by atoms with Crippen molar-refractivity contribution in [2.24, 2.45) is 5.92 Å². The number of benzene rings is 1. The highest BCUT2D eigenvalue weighted by molar-refractivity contribution is 5.89. The van der Waals surface area contributed by atoms with Gasteiger partial charge in [-0.1, -0.05) is 24.3 Å². The lowest BCUT2D eigenvalue weighted by molar-refractivity contribution is -0.131. The second kappa shape index (κ2) is 4.92. The van der Waals surface area contributed by atoms with Gasteiger partial charge in [0.25, 0.3) is 0 Å². The Morgan fingerprint density at radius 1 is 1.24 bits per heavy atom. The van der Waals surface area contributed by atoms with E-state index in [-0.39, 0.29) is 23.3 Å². The van der Waals surface area contributed by atoms with Crippen molar-refractivity contribution < 1.29 is 9.53 Å². The maximum atomic E-state index is 13.1. The fourth-order valence-electron chi connectivity index (χ4n) is 3.97. The maximum absolute atomic E-state index is 13.1. The number of hydrogen-bond acceptors (Lipinski definition) is 3. The molecule has 0 bridgehead atoms. The van der Waals surface area contributed by atoms with Crippen molar-refractivity contribution in [3.63, 3.8) is 0 Å². The number of carbonyl (C=O) groups is 1. The zero-order valence-electron chi connectivity index (χ0n) is 13.4. The van der Waals surface area contributed by atoms with Crippen molar-refractivity contribution in [1.29, 1.82) is 0 Å². The van der Waals surface area contributed by atoms with Crippen LogP contribution in [0.3, 0.4) is 0 Å². The van der Waals surface area contributed by atoms with Crippen LogP contribution in [-0.4, -0.2) is 23.5 Å². The molecule has 0 saturated carbocycles. The van der Waals surface area contributed by atoms with E-state index < -0.39 is 5.60 Å². The van der Waals surface area contributed by atoms with Crippen molar-refractivity contribution in [2.45, 2.75) is 57.8 Å². The van der Waals surface area contributed by atoms with Gasteiger partial charge in [-0.15, -0.1) is 0 Å². The summed E-state index contributed by atoms with van der Waals surface area (Å²) in [5.41, 5.74) is 1.83. The van der Waals surface area contributed by atoms with Crippen molar-refractivity contribution >= 4 is 5.78 Å². The van der Waals surface area contributed by atoms with Crippen LogP contribution in [0.5, 0.6) is 0 Å². The molecule has 1 saturated heterocycles. The molecule has 2 atom stereocenters. The number of nitrogens with one attached hydrogen (secondary N) is 1. The molecule has 21 heavy (non-hydrogen) atoms. The van der Waals surface area contributed by atoms with Crippen molar-refractivity contribution in [2.75, 3.05) is 6.54 Å². The molecule has 0 spiro atoms. The van der Waals surface area contributed by atoms with Gasteiger partial charge in [0.1, 0.15) is 0 Å². The average molecular weight is 287 g/mol. The van der Waals surface area contributed by atoms with E-state index in [1.807, 2.05) is 19.9 Å². The quantitative estimate of drug-likeness (QED) is 0.908. The zero-order chi connectivity index (χ0) is 15.3. The number of hydrogen-bond donors (Lipinski definition) is 1. The maximum Gasteiger partial charge on any atom is 0.160 e. The molecular formula is C18H25NO2. The Bertz CT molecular complexity index is 562. The summed E-state index contributed by atoms with van der Waals surface area (Å²) < 4.78 is 6.10. The predicted molar refractivity (Wildman–Crippen MR) is 83.2 cm³/mol. The van der Waals surface area contributed by atoms with Gasteiger partial charge in [-0.2, -0.15) is 0 Å². The van der Waals surface area contributed by atoms with Crippen LogP contribution >= 0.6 is 0 Å². The summed E-state index contributed by atoms with van der Waals surface area (Å²) >= 11 is 0. The number of rotatable bonds is 2. The van der Waals surface area contributed by atoms with Gasteiger partial charge < -0.3 is 10.1 Å². The monoisotopic (exact) mass is 287 g/mol. The van der Waals surface area contributed by atoms with Gasteiger partial charge >= 0.3 is 0 Å². The second-order valence-electron chi connectivity index (χ2n) is 7.46. The minimum absolute atomic E-state index is 0.0591. The standard InChI is InChI=1S/C18H25NO2/c1-17(2)11-14(18(3,4)21-17)16(20)15-13-8-6-5-7-12(13)9-10-19-15/h5-8,14-15,19H,9-11H2,1-4H3. The molecule has 0 aromatic heterocycles. The van der Waals surface area contributed by atoms with Crippen LogP contribution in [0.1, 0.15) is 51.3 Å². The molecule has 1 N–H and O–H groups in total. The predicted octanol–water partition coefficient (Wildman–Crippen LogP) is 3.04. The highest BCUT2D eigenvalue weighted by Crippen LogP contribution is 2.44. The van der Waals surface area contributed by atoms with Gasteiger partial charge in [-0.3, -0.25) is 4.79 Å². The van der Waals surface area contributed by atoms with Gasteiger partial charge in [0.15, 0.2) is 5.78 Å². The van der Waals surface area contributed by atoms with Crippen molar-refractivity contribution in [3.8, 4) is 0 Å². The van der Waals surface area contributed by atoms with E-state index in [1.54, 1.807) is 0 Å². The first-order valence-corrected chi connectivity index (χ1v) is 7.85. The van der Waals surface area contributed by atoms with Crippen LogP contribution in [0.15, 0.2) is 24.3 Å². The Labute approximate surface area is 127 Å².